The predicted octanol–water partition coefficient (Wildman–Crippen LogP) is 2.41. The molecule has 0 N–H and O–H groups in total. The van der Waals surface area contributed by atoms with Gasteiger partial charge in [-0.25, -0.2) is 15.0 Å². The Kier molecular flexibility index (Phi) is 5.09. The van der Waals surface area contributed by atoms with Crippen LogP contribution in [0.3, 0.4) is 0 Å². The summed E-state index contributed by atoms with van der Waals surface area (Å²) >= 11 is 0. The van der Waals surface area contributed by atoms with Gasteiger partial charge in [0, 0.05) is 43.4 Å². The highest BCUT2D eigenvalue weighted by atomic mass is 16.5. The molecule has 0 spiro atoms. The van der Waals surface area contributed by atoms with Crippen LogP contribution in [0.2, 0.25) is 0 Å². The van der Waals surface area contributed by atoms with Gasteiger partial charge in [0.25, 0.3) is 5.91 Å². The molecule has 3 heterocycles. The number of piperidine rings is 1. The summed E-state index contributed by atoms with van der Waals surface area (Å²) in [7, 11) is 0. The van der Waals surface area contributed by atoms with Gasteiger partial charge in [-0.3, -0.25) is 4.79 Å². The molecule has 3 aromatic rings. The molecule has 7 nitrogen and oxygen atoms in total. The second-order valence-corrected chi connectivity index (χ2v) is 6.60. The van der Waals surface area contributed by atoms with Gasteiger partial charge in [-0.15, -0.1) is 0 Å². The van der Waals surface area contributed by atoms with Crippen molar-refractivity contribution in [3.05, 3.63) is 72.6 Å². The second kappa shape index (κ2) is 7.99. The van der Waals surface area contributed by atoms with Crippen LogP contribution in [0.15, 0.2) is 61.4 Å². The molecule has 1 amide bonds. The molecule has 138 valence electrons. The molecule has 0 bridgehead atoms. The molecule has 0 saturated carbocycles. The molecule has 1 fully saturated rings. The first-order valence-electron chi connectivity index (χ1n) is 9.05. The van der Waals surface area contributed by atoms with Gasteiger partial charge >= 0.3 is 6.01 Å². The van der Waals surface area contributed by atoms with Crippen molar-refractivity contribution < 1.29 is 9.53 Å². The number of imidazole rings is 1. The molecule has 7 heteroatoms. The van der Waals surface area contributed by atoms with Crippen LogP contribution in [0.5, 0.6) is 6.01 Å². The summed E-state index contributed by atoms with van der Waals surface area (Å²) in [6, 6.07) is 9.87. The number of amides is 1. The first-order valence-corrected chi connectivity index (χ1v) is 9.05. The van der Waals surface area contributed by atoms with E-state index in [2.05, 4.69) is 15.0 Å². The van der Waals surface area contributed by atoms with Crippen molar-refractivity contribution in [2.75, 3.05) is 13.1 Å². The fourth-order valence-electron chi connectivity index (χ4n) is 3.24. The third-order valence-electron chi connectivity index (χ3n) is 4.60. The molecule has 1 aliphatic heterocycles. The Bertz CT molecular complexity index is 865. The summed E-state index contributed by atoms with van der Waals surface area (Å²) in [6.07, 6.45) is 10.5. The number of hydrogen-bond acceptors (Lipinski definition) is 5. The van der Waals surface area contributed by atoms with Gasteiger partial charge < -0.3 is 14.2 Å². The summed E-state index contributed by atoms with van der Waals surface area (Å²) in [5, 5.41) is 0. The molecule has 0 radical (unpaired) electrons. The number of benzene rings is 1. The minimum absolute atomic E-state index is 0.0338. The van der Waals surface area contributed by atoms with Crippen LogP contribution in [-0.2, 0) is 6.54 Å². The van der Waals surface area contributed by atoms with Crippen LogP contribution in [0.25, 0.3) is 0 Å². The lowest BCUT2D eigenvalue weighted by molar-refractivity contribution is 0.0516. The number of likely N-dealkylation sites (tertiary alicyclic amines) is 1. The lowest BCUT2D eigenvalue weighted by atomic mass is 10.1. The minimum atomic E-state index is -0.0781. The third kappa shape index (κ3) is 4.31. The van der Waals surface area contributed by atoms with Gasteiger partial charge in [0.05, 0.1) is 12.9 Å². The maximum atomic E-state index is 12.8. The van der Waals surface area contributed by atoms with Crippen LogP contribution in [0.1, 0.15) is 28.8 Å². The Morgan fingerprint density at radius 1 is 1.15 bits per heavy atom. The van der Waals surface area contributed by atoms with E-state index in [1.165, 1.54) is 0 Å². The van der Waals surface area contributed by atoms with E-state index in [1.54, 1.807) is 31.0 Å². The highest BCUT2D eigenvalue weighted by molar-refractivity contribution is 5.94. The van der Waals surface area contributed by atoms with Crippen molar-refractivity contribution in [1.29, 1.82) is 0 Å². The minimum Gasteiger partial charge on any atom is -0.458 e. The van der Waals surface area contributed by atoms with Gasteiger partial charge in [-0.2, -0.15) is 0 Å². The fraction of sp³-hybridized carbons (Fsp3) is 0.300. The van der Waals surface area contributed by atoms with Crippen LogP contribution in [0.4, 0.5) is 0 Å². The highest BCUT2D eigenvalue weighted by Gasteiger charge is 2.26. The molecule has 0 unspecified atom stereocenters. The number of carbonyl (C=O) groups excluding carboxylic acids is 1. The molecular formula is C20H21N5O2. The van der Waals surface area contributed by atoms with Gasteiger partial charge in [0.1, 0.15) is 6.10 Å². The molecule has 1 atom stereocenters. The first-order chi connectivity index (χ1) is 13.3. The molecule has 1 saturated heterocycles. The molecule has 0 aliphatic carbocycles. The molecular weight excluding hydrogens is 342 g/mol. The van der Waals surface area contributed by atoms with E-state index in [-0.39, 0.29) is 12.0 Å². The Balaban J connectivity index is 1.38. The van der Waals surface area contributed by atoms with E-state index in [0.717, 1.165) is 31.5 Å². The van der Waals surface area contributed by atoms with E-state index in [9.17, 15) is 4.79 Å². The normalized spacial score (nSPS) is 16.9. The smallest absolute Gasteiger partial charge is 0.316 e. The van der Waals surface area contributed by atoms with E-state index in [4.69, 9.17) is 4.74 Å². The Morgan fingerprint density at radius 2 is 1.96 bits per heavy atom. The number of hydrogen-bond donors (Lipinski definition) is 0. The standard InChI is InChI=1S/C20H21N5O2/c26-19(17-6-4-16(5-7-17)13-24-12-10-21-15-24)25-11-1-3-18(14-25)27-20-22-8-2-9-23-20/h2,4-10,12,15,18H,1,3,11,13-14H2/t18-/m0/s1. The molecule has 2 aromatic heterocycles. The van der Waals surface area contributed by atoms with Crippen molar-refractivity contribution in [2.24, 2.45) is 0 Å². The zero-order valence-corrected chi connectivity index (χ0v) is 14.9. The average Bonchev–Trinajstić information content (AvgIpc) is 3.22. The van der Waals surface area contributed by atoms with E-state index in [1.807, 2.05) is 39.9 Å². The molecule has 27 heavy (non-hydrogen) atoms. The van der Waals surface area contributed by atoms with E-state index < -0.39 is 0 Å². The topological polar surface area (TPSA) is 73.1 Å². The summed E-state index contributed by atoms with van der Waals surface area (Å²) in [5.41, 5.74) is 1.83. The Hall–Kier alpha value is -3.22. The van der Waals surface area contributed by atoms with Crippen molar-refractivity contribution in [3.63, 3.8) is 0 Å². The van der Waals surface area contributed by atoms with Gasteiger partial charge in [0.2, 0.25) is 0 Å². The van der Waals surface area contributed by atoms with E-state index in [0.29, 0.717) is 18.1 Å². The van der Waals surface area contributed by atoms with Crippen molar-refractivity contribution >= 4 is 5.91 Å². The number of nitrogens with zero attached hydrogens (tertiary/aromatic N) is 5. The van der Waals surface area contributed by atoms with Crippen LogP contribution in [0, 0.1) is 0 Å². The van der Waals surface area contributed by atoms with Crippen molar-refractivity contribution in [2.45, 2.75) is 25.5 Å². The number of rotatable bonds is 5. The number of carbonyl (C=O) groups is 1. The Morgan fingerprint density at radius 3 is 2.70 bits per heavy atom. The summed E-state index contributed by atoms with van der Waals surface area (Å²) in [5.74, 6) is 0.0338. The fourth-order valence-corrected chi connectivity index (χ4v) is 3.24. The summed E-state index contributed by atoms with van der Waals surface area (Å²) in [6.45, 7) is 2.03. The quantitative estimate of drug-likeness (QED) is 0.696. The van der Waals surface area contributed by atoms with Crippen molar-refractivity contribution in [1.82, 2.24) is 24.4 Å². The van der Waals surface area contributed by atoms with Gasteiger partial charge in [-0.1, -0.05) is 12.1 Å². The average molecular weight is 363 g/mol. The molecule has 1 aromatic carbocycles. The monoisotopic (exact) mass is 363 g/mol. The van der Waals surface area contributed by atoms with Crippen molar-refractivity contribution in [3.8, 4) is 6.01 Å². The SMILES string of the molecule is O=C(c1ccc(Cn2ccnc2)cc1)N1CCC[C@H](Oc2ncccn2)C1. The maximum Gasteiger partial charge on any atom is 0.316 e. The maximum absolute atomic E-state index is 12.8. The first kappa shape index (κ1) is 17.2. The largest absolute Gasteiger partial charge is 0.458 e. The Labute approximate surface area is 157 Å². The zero-order valence-electron chi connectivity index (χ0n) is 14.9. The lowest BCUT2D eigenvalue weighted by Crippen LogP contribution is -2.44. The predicted molar refractivity (Wildman–Crippen MR) is 99.4 cm³/mol. The summed E-state index contributed by atoms with van der Waals surface area (Å²) in [4.78, 5) is 26.9. The van der Waals surface area contributed by atoms with Crippen LogP contribution >= 0.6 is 0 Å². The number of aromatic nitrogens is 4. The van der Waals surface area contributed by atoms with E-state index >= 15 is 0 Å². The number of ether oxygens (including phenoxy) is 1. The van der Waals surface area contributed by atoms with Crippen LogP contribution in [-0.4, -0.2) is 49.5 Å². The highest BCUT2D eigenvalue weighted by Crippen LogP contribution is 2.18. The molecule has 1 aliphatic rings. The van der Waals surface area contributed by atoms with Gasteiger partial charge in [-0.05, 0) is 36.6 Å². The molecule has 4 rings (SSSR count). The van der Waals surface area contributed by atoms with Crippen LogP contribution < -0.4 is 4.74 Å². The van der Waals surface area contributed by atoms with Gasteiger partial charge in [0.15, 0.2) is 0 Å². The zero-order chi connectivity index (χ0) is 18.5. The third-order valence-corrected chi connectivity index (χ3v) is 4.60. The second-order valence-electron chi connectivity index (χ2n) is 6.60. The summed E-state index contributed by atoms with van der Waals surface area (Å²) < 4.78 is 7.82. The lowest BCUT2D eigenvalue weighted by Gasteiger charge is -2.32.